The van der Waals surface area contributed by atoms with Crippen LogP contribution in [0.4, 0.5) is 4.39 Å². The highest BCUT2D eigenvalue weighted by Gasteiger charge is 2.51. The summed E-state index contributed by atoms with van der Waals surface area (Å²) in [6.07, 6.45) is 3.00. The molecule has 2 nitrogen and oxygen atoms in total. The smallest absolute Gasteiger partial charge is 0.188 e. The molecule has 0 amide bonds. The zero-order valence-electron chi connectivity index (χ0n) is 9.03. The fraction of sp³-hybridized carbons (Fsp3) is 0.308. The van der Waals surface area contributed by atoms with Crippen molar-refractivity contribution in [2.75, 3.05) is 0 Å². The summed E-state index contributed by atoms with van der Waals surface area (Å²) in [4.78, 5) is 4.48. The second-order valence-electron chi connectivity index (χ2n) is 4.87. The zero-order valence-corrected chi connectivity index (χ0v) is 11.2. The number of rotatable bonds is 0. The molecule has 2 aliphatic heterocycles. The Morgan fingerprint density at radius 2 is 2.12 bits per heavy atom. The minimum atomic E-state index is -1.21. The molecule has 1 saturated carbocycles. The molecule has 0 radical (unpaired) electrons. The van der Waals surface area contributed by atoms with Gasteiger partial charge in [0, 0.05) is 24.6 Å². The van der Waals surface area contributed by atoms with Gasteiger partial charge in [-0.2, -0.15) is 0 Å². The number of hydrogen-bond acceptors (Lipinski definition) is 1. The standard InChI is InChI=1S/C13H10FIN2/c14-13-5-8(6-13)9-3-1-2-4-10(9)12-16-11(15)7-17(12)13/h1-4,7-8H,5-6H2. The number of nitrogens with zero attached hydrogens (tertiary/aromatic N) is 2. The summed E-state index contributed by atoms with van der Waals surface area (Å²) in [6.45, 7) is 0. The largest absolute Gasteiger partial charge is 0.296 e. The quantitative estimate of drug-likeness (QED) is 0.669. The first-order valence-electron chi connectivity index (χ1n) is 5.71. The Labute approximate surface area is 112 Å². The summed E-state index contributed by atoms with van der Waals surface area (Å²) in [6, 6.07) is 8.18. The van der Waals surface area contributed by atoms with Crippen LogP contribution in [0, 0.1) is 3.70 Å². The Balaban J connectivity index is 2.08. The summed E-state index contributed by atoms with van der Waals surface area (Å²) in [5.41, 5.74) is 2.35. The van der Waals surface area contributed by atoms with Crippen molar-refractivity contribution < 1.29 is 4.39 Å². The molecule has 5 rings (SSSR count). The molecule has 0 atom stereocenters. The van der Waals surface area contributed by atoms with Gasteiger partial charge in [0.25, 0.3) is 0 Å². The van der Waals surface area contributed by atoms with Gasteiger partial charge < -0.3 is 0 Å². The van der Waals surface area contributed by atoms with Crippen LogP contribution >= 0.6 is 22.6 Å². The predicted octanol–water partition coefficient (Wildman–Crippen LogP) is 3.67. The van der Waals surface area contributed by atoms with Gasteiger partial charge in [0.1, 0.15) is 9.53 Å². The zero-order chi connectivity index (χ0) is 11.6. The minimum Gasteiger partial charge on any atom is -0.296 e. The lowest BCUT2D eigenvalue weighted by Gasteiger charge is -2.40. The minimum absolute atomic E-state index is 0.357. The van der Waals surface area contributed by atoms with Crippen LogP contribution in [0.15, 0.2) is 30.5 Å². The van der Waals surface area contributed by atoms with E-state index in [0.29, 0.717) is 18.8 Å². The molecule has 4 heteroatoms. The van der Waals surface area contributed by atoms with E-state index in [0.717, 1.165) is 15.1 Å². The Hall–Kier alpha value is -0.910. The number of halogens is 2. The molecule has 1 fully saturated rings. The van der Waals surface area contributed by atoms with Crippen molar-refractivity contribution in [1.29, 1.82) is 0 Å². The van der Waals surface area contributed by atoms with Gasteiger partial charge in [-0.25, -0.2) is 9.37 Å². The fourth-order valence-corrected chi connectivity index (χ4v) is 3.52. The molecular weight excluding hydrogens is 330 g/mol. The van der Waals surface area contributed by atoms with E-state index in [1.54, 1.807) is 4.57 Å². The average Bonchev–Trinajstić information content (AvgIpc) is 2.61. The molecule has 1 aromatic carbocycles. The third-order valence-corrected chi connectivity index (χ3v) is 4.39. The van der Waals surface area contributed by atoms with E-state index in [-0.39, 0.29) is 0 Å². The van der Waals surface area contributed by atoms with Crippen LogP contribution in [0.3, 0.4) is 0 Å². The number of imidazole rings is 1. The van der Waals surface area contributed by atoms with Gasteiger partial charge in [0.05, 0.1) is 0 Å². The monoisotopic (exact) mass is 340 g/mol. The molecule has 0 saturated heterocycles. The number of hydrogen-bond donors (Lipinski definition) is 0. The number of benzene rings is 1. The summed E-state index contributed by atoms with van der Waals surface area (Å²) in [5, 5.41) is 0. The van der Waals surface area contributed by atoms with Crippen molar-refractivity contribution in [3.8, 4) is 11.4 Å². The molecule has 86 valence electrons. The van der Waals surface area contributed by atoms with Crippen molar-refractivity contribution >= 4 is 22.6 Å². The van der Waals surface area contributed by atoms with Crippen LogP contribution < -0.4 is 0 Å². The number of aromatic nitrogens is 2. The maximum Gasteiger partial charge on any atom is 0.188 e. The molecular formula is C13H10FIN2. The first kappa shape index (κ1) is 10.1. The van der Waals surface area contributed by atoms with E-state index >= 15 is 0 Å². The van der Waals surface area contributed by atoms with Gasteiger partial charge in [-0.15, -0.1) is 0 Å². The highest BCUT2D eigenvalue weighted by molar-refractivity contribution is 14.1. The van der Waals surface area contributed by atoms with Gasteiger partial charge >= 0.3 is 0 Å². The van der Waals surface area contributed by atoms with Gasteiger partial charge in [0.2, 0.25) is 0 Å². The second-order valence-corrected chi connectivity index (χ2v) is 5.97. The lowest BCUT2D eigenvalue weighted by Crippen LogP contribution is -2.39. The van der Waals surface area contributed by atoms with Crippen LogP contribution in [-0.2, 0) is 5.79 Å². The Bertz CT molecular complexity index is 614. The van der Waals surface area contributed by atoms with E-state index in [2.05, 4.69) is 33.6 Å². The fourth-order valence-electron chi connectivity index (χ4n) is 3.02. The van der Waals surface area contributed by atoms with Gasteiger partial charge in [0.15, 0.2) is 5.79 Å². The molecule has 17 heavy (non-hydrogen) atoms. The van der Waals surface area contributed by atoms with Crippen molar-refractivity contribution in [2.24, 2.45) is 0 Å². The molecule has 0 unspecified atom stereocenters. The van der Waals surface area contributed by atoms with Crippen LogP contribution in [0.2, 0.25) is 0 Å². The molecule has 0 N–H and O–H groups in total. The lowest BCUT2D eigenvalue weighted by molar-refractivity contribution is -0.0330. The van der Waals surface area contributed by atoms with Crippen LogP contribution in [0.25, 0.3) is 11.4 Å². The first-order valence-corrected chi connectivity index (χ1v) is 6.79. The topological polar surface area (TPSA) is 17.8 Å². The van der Waals surface area contributed by atoms with E-state index in [1.807, 2.05) is 24.4 Å². The van der Waals surface area contributed by atoms with Crippen molar-refractivity contribution in [3.63, 3.8) is 0 Å². The third-order valence-electron chi connectivity index (χ3n) is 3.87. The summed E-state index contributed by atoms with van der Waals surface area (Å²) in [7, 11) is 0. The first-order chi connectivity index (χ1) is 8.17. The van der Waals surface area contributed by atoms with Gasteiger partial charge in [-0.1, -0.05) is 24.3 Å². The molecule has 1 aliphatic carbocycles. The Kier molecular flexibility index (Phi) is 1.83. The number of alkyl halides is 1. The Morgan fingerprint density at radius 1 is 1.35 bits per heavy atom. The molecule has 3 heterocycles. The average molecular weight is 340 g/mol. The van der Waals surface area contributed by atoms with Gasteiger partial charge in [-0.05, 0) is 34.1 Å². The van der Waals surface area contributed by atoms with Crippen molar-refractivity contribution in [2.45, 2.75) is 24.6 Å². The maximum absolute atomic E-state index is 14.7. The third kappa shape index (κ3) is 1.22. The summed E-state index contributed by atoms with van der Waals surface area (Å²) in [5.74, 6) is -0.0711. The Morgan fingerprint density at radius 3 is 2.94 bits per heavy atom. The summed E-state index contributed by atoms with van der Waals surface area (Å²) < 4.78 is 17.3. The van der Waals surface area contributed by atoms with Crippen molar-refractivity contribution in [3.05, 3.63) is 39.7 Å². The molecule has 1 aromatic heterocycles. The lowest BCUT2D eigenvalue weighted by atomic mass is 9.74. The highest BCUT2D eigenvalue weighted by Crippen LogP contribution is 2.56. The van der Waals surface area contributed by atoms with Crippen molar-refractivity contribution in [1.82, 2.24) is 9.55 Å². The molecule has 3 aliphatic rings. The van der Waals surface area contributed by atoms with Crippen LogP contribution in [0.1, 0.15) is 24.3 Å². The summed E-state index contributed by atoms with van der Waals surface area (Å²) >= 11 is 2.15. The predicted molar refractivity (Wildman–Crippen MR) is 71.4 cm³/mol. The second kappa shape index (κ2) is 3.10. The van der Waals surface area contributed by atoms with Crippen LogP contribution in [-0.4, -0.2) is 9.55 Å². The van der Waals surface area contributed by atoms with E-state index in [4.69, 9.17) is 0 Å². The maximum atomic E-state index is 14.7. The van der Waals surface area contributed by atoms with E-state index in [9.17, 15) is 4.39 Å². The molecule has 2 bridgehead atoms. The van der Waals surface area contributed by atoms with E-state index < -0.39 is 5.79 Å². The molecule has 2 aromatic rings. The molecule has 0 spiro atoms. The van der Waals surface area contributed by atoms with Gasteiger partial charge in [-0.3, -0.25) is 4.57 Å². The normalized spacial score (nSPS) is 28.9. The highest BCUT2D eigenvalue weighted by atomic mass is 127. The van der Waals surface area contributed by atoms with E-state index in [1.165, 1.54) is 5.56 Å². The van der Waals surface area contributed by atoms with Crippen LogP contribution in [0.5, 0.6) is 0 Å². The SMILES string of the molecule is FC12CC(C1)c1ccccc1-c1nc(I)cn12.